The van der Waals surface area contributed by atoms with Gasteiger partial charge in [0.1, 0.15) is 0 Å². The highest BCUT2D eigenvalue weighted by Crippen LogP contribution is 2.32. The van der Waals surface area contributed by atoms with Gasteiger partial charge < -0.3 is 19.4 Å². The van der Waals surface area contributed by atoms with Gasteiger partial charge in [0, 0.05) is 46.8 Å². The lowest BCUT2D eigenvalue weighted by atomic mass is 10.1. The molecule has 4 aromatic rings. The molecule has 2 heterocycles. The van der Waals surface area contributed by atoms with Crippen LogP contribution in [0.15, 0.2) is 66.9 Å². The van der Waals surface area contributed by atoms with Crippen molar-refractivity contribution < 1.29 is 9.47 Å². The highest BCUT2D eigenvalue weighted by Gasteiger charge is 2.14. The second kappa shape index (κ2) is 8.23. The number of hydrogen-bond donors (Lipinski definition) is 1. The summed E-state index contributed by atoms with van der Waals surface area (Å²) in [6, 6.07) is 20.1. The fourth-order valence-electron chi connectivity index (χ4n) is 3.82. The Morgan fingerprint density at radius 2 is 1.73 bits per heavy atom. The highest BCUT2D eigenvalue weighted by molar-refractivity contribution is 6.35. The zero-order chi connectivity index (χ0) is 20.5. The van der Waals surface area contributed by atoms with Gasteiger partial charge >= 0.3 is 0 Å². The highest BCUT2D eigenvalue weighted by atomic mass is 35.5. The molecule has 0 radical (unpaired) electrons. The van der Waals surface area contributed by atoms with Crippen molar-refractivity contribution in [3.8, 4) is 11.5 Å². The smallest absolute Gasteiger partial charge is 0.231 e. The van der Waals surface area contributed by atoms with Gasteiger partial charge in [-0.1, -0.05) is 53.5 Å². The van der Waals surface area contributed by atoms with E-state index in [9.17, 15) is 0 Å². The van der Waals surface area contributed by atoms with Crippen LogP contribution in [0.2, 0.25) is 10.0 Å². The molecule has 30 heavy (non-hydrogen) atoms. The van der Waals surface area contributed by atoms with Crippen LogP contribution in [0.3, 0.4) is 0 Å². The van der Waals surface area contributed by atoms with Crippen LogP contribution in [0, 0.1) is 0 Å². The number of nitrogens with one attached hydrogen (secondary N) is 1. The Bertz CT molecular complexity index is 1220. The number of para-hydroxylation sites is 1. The molecule has 1 aliphatic heterocycles. The first-order valence-electron chi connectivity index (χ1n) is 9.77. The molecule has 152 valence electrons. The van der Waals surface area contributed by atoms with E-state index in [1.807, 2.05) is 24.3 Å². The third-order valence-electron chi connectivity index (χ3n) is 5.31. The van der Waals surface area contributed by atoms with Crippen molar-refractivity contribution in [1.29, 1.82) is 0 Å². The van der Waals surface area contributed by atoms with Crippen molar-refractivity contribution in [2.24, 2.45) is 0 Å². The number of aromatic nitrogens is 1. The number of rotatable bonds is 6. The van der Waals surface area contributed by atoms with E-state index >= 15 is 0 Å². The first-order valence-corrected chi connectivity index (χ1v) is 10.5. The van der Waals surface area contributed by atoms with Crippen LogP contribution in [0.1, 0.15) is 16.7 Å². The molecule has 0 saturated carbocycles. The largest absolute Gasteiger partial charge is 0.454 e. The average Bonchev–Trinajstić information content (AvgIpc) is 3.35. The second-order valence-corrected chi connectivity index (χ2v) is 8.17. The van der Waals surface area contributed by atoms with Crippen molar-refractivity contribution in [3.63, 3.8) is 0 Å². The topological polar surface area (TPSA) is 35.4 Å². The summed E-state index contributed by atoms with van der Waals surface area (Å²) in [4.78, 5) is 0. The van der Waals surface area contributed by atoms with E-state index in [0.717, 1.165) is 35.7 Å². The third kappa shape index (κ3) is 3.86. The molecule has 0 saturated heterocycles. The van der Waals surface area contributed by atoms with Gasteiger partial charge in [-0.3, -0.25) is 0 Å². The Labute approximate surface area is 184 Å². The van der Waals surface area contributed by atoms with Gasteiger partial charge in [0.25, 0.3) is 0 Å². The van der Waals surface area contributed by atoms with Crippen LogP contribution in [0.4, 0.5) is 0 Å². The van der Waals surface area contributed by atoms with E-state index < -0.39 is 0 Å². The lowest BCUT2D eigenvalue weighted by Crippen LogP contribution is -2.12. The van der Waals surface area contributed by atoms with Crippen molar-refractivity contribution in [2.75, 3.05) is 6.79 Å². The van der Waals surface area contributed by atoms with E-state index in [4.69, 9.17) is 32.7 Å². The maximum Gasteiger partial charge on any atom is 0.231 e. The molecule has 1 aliphatic rings. The fourth-order valence-corrected chi connectivity index (χ4v) is 4.29. The number of halogens is 2. The molecule has 6 heteroatoms. The third-order valence-corrected chi connectivity index (χ3v) is 5.90. The Hall–Kier alpha value is -2.66. The first-order chi connectivity index (χ1) is 14.7. The summed E-state index contributed by atoms with van der Waals surface area (Å²) in [6.07, 6.45) is 2.20. The minimum Gasteiger partial charge on any atom is -0.454 e. The van der Waals surface area contributed by atoms with Crippen molar-refractivity contribution in [2.45, 2.75) is 19.6 Å². The zero-order valence-corrected chi connectivity index (χ0v) is 17.7. The van der Waals surface area contributed by atoms with Gasteiger partial charge in [-0.05, 0) is 47.0 Å². The van der Waals surface area contributed by atoms with Crippen LogP contribution in [-0.4, -0.2) is 11.4 Å². The minimum absolute atomic E-state index is 0.295. The maximum absolute atomic E-state index is 6.40. The lowest BCUT2D eigenvalue weighted by Gasteiger charge is -2.08. The summed E-state index contributed by atoms with van der Waals surface area (Å²) in [5, 5.41) is 6.11. The summed E-state index contributed by atoms with van der Waals surface area (Å²) in [6.45, 7) is 2.50. The monoisotopic (exact) mass is 438 g/mol. The minimum atomic E-state index is 0.295. The Balaban J connectivity index is 1.34. The van der Waals surface area contributed by atoms with E-state index in [2.05, 4.69) is 46.4 Å². The van der Waals surface area contributed by atoms with Crippen LogP contribution in [0.5, 0.6) is 11.5 Å². The summed E-state index contributed by atoms with van der Waals surface area (Å²) in [7, 11) is 0. The molecule has 0 fully saturated rings. The van der Waals surface area contributed by atoms with E-state index in [0.29, 0.717) is 23.4 Å². The van der Waals surface area contributed by atoms with Gasteiger partial charge in [0.15, 0.2) is 11.5 Å². The quantitative estimate of drug-likeness (QED) is 0.399. The number of hydrogen-bond acceptors (Lipinski definition) is 3. The van der Waals surface area contributed by atoms with Crippen LogP contribution in [-0.2, 0) is 19.6 Å². The molecule has 0 spiro atoms. The van der Waals surface area contributed by atoms with Crippen molar-refractivity contribution in [1.82, 2.24) is 9.88 Å². The van der Waals surface area contributed by atoms with E-state index in [1.54, 1.807) is 6.07 Å². The Kier molecular flexibility index (Phi) is 5.30. The molecule has 4 nitrogen and oxygen atoms in total. The van der Waals surface area contributed by atoms with Gasteiger partial charge in [-0.15, -0.1) is 0 Å². The van der Waals surface area contributed by atoms with Gasteiger partial charge in [0.2, 0.25) is 6.79 Å². The molecule has 0 bridgehead atoms. The number of ether oxygens (including phenoxy) is 2. The molecule has 0 atom stereocenters. The van der Waals surface area contributed by atoms with Crippen molar-refractivity contribution >= 4 is 34.1 Å². The number of nitrogens with zero attached hydrogens (tertiary/aromatic N) is 1. The molecular weight excluding hydrogens is 419 g/mol. The summed E-state index contributed by atoms with van der Waals surface area (Å²) >= 11 is 12.4. The zero-order valence-electron chi connectivity index (χ0n) is 16.2. The van der Waals surface area contributed by atoms with Crippen molar-refractivity contribution in [3.05, 3.63) is 93.6 Å². The maximum atomic E-state index is 6.40. The molecular formula is C24H20Cl2N2O2. The van der Waals surface area contributed by atoms with Crippen LogP contribution < -0.4 is 14.8 Å². The van der Waals surface area contributed by atoms with E-state index in [1.165, 1.54) is 16.5 Å². The number of benzene rings is 3. The van der Waals surface area contributed by atoms with Gasteiger partial charge in [-0.25, -0.2) is 0 Å². The SMILES string of the molecule is Clc1ccc(Cn2cc(CNCc3ccc4c(c3)OCO4)c3ccccc32)c(Cl)c1. The normalized spacial score (nSPS) is 12.6. The molecule has 0 aliphatic carbocycles. The lowest BCUT2D eigenvalue weighted by molar-refractivity contribution is 0.174. The van der Waals surface area contributed by atoms with E-state index in [-0.39, 0.29) is 0 Å². The average molecular weight is 439 g/mol. The molecule has 1 aromatic heterocycles. The molecule has 0 amide bonds. The molecule has 5 rings (SSSR count). The van der Waals surface area contributed by atoms with Crippen LogP contribution >= 0.6 is 23.2 Å². The van der Waals surface area contributed by atoms with Gasteiger partial charge in [-0.2, -0.15) is 0 Å². The van der Waals surface area contributed by atoms with Gasteiger partial charge in [0.05, 0.1) is 0 Å². The first kappa shape index (κ1) is 19.3. The fraction of sp³-hybridized carbons (Fsp3) is 0.167. The molecule has 0 unspecified atom stereocenters. The Morgan fingerprint density at radius 3 is 2.63 bits per heavy atom. The predicted octanol–water partition coefficient (Wildman–Crippen LogP) is 6.01. The predicted molar refractivity (Wildman–Crippen MR) is 121 cm³/mol. The molecule has 3 aromatic carbocycles. The van der Waals surface area contributed by atoms with Crippen LogP contribution in [0.25, 0.3) is 10.9 Å². The summed E-state index contributed by atoms with van der Waals surface area (Å²) in [5.74, 6) is 1.62. The summed E-state index contributed by atoms with van der Waals surface area (Å²) < 4.78 is 13.1. The standard InChI is InChI=1S/C24H20Cl2N2O2/c25-19-7-6-17(21(26)10-19)13-28-14-18(20-3-1-2-4-22(20)28)12-27-11-16-5-8-23-24(9-16)30-15-29-23/h1-10,14,27H,11-13,15H2. The number of fused-ring (bicyclic) bond motifs is 2. The Morgan fingerprint density at radius 1 is 0.867 bits per heavy atom. The molecule has 1 N–H and O–H groups in total. The second-order valence-electron chi connectivity index (χ2n) is 7.33. The summed E-state index contributed by atoms with van der Waals surface area (Å²) in [5.41, 5.74) is 4.64.